The van der Waals surface area contributed by atoms with Crippen molar-refractivity contribution in [2.75, 3.05) is 39.3 Å². The predicted molar refractivity (Wildman–Crippen MR) is 112 cm³/mol. The molecule has 2 aliphatic rings. The summed E-state index contributed by atoms with van der Waals surface area (Å²) in [6, 6.07) is 4.86. The molecular weight excluding hydrogens is 451 g/mol. The van der Waals surface area contributed by atoms with Crippen LogP contribution in [0.5, 0.6) is 0 Å². The van der Waals surface area contributed by atoms with Gasteiger partial charge in [-0.15, -0.1) is 12.4 Å². The smallest absolute Gasteiger partial charge is 0.416 e. The third-order valence-electron chi connectivity index (χ3n) is 5.68. The number of ketones is 2. The molecule has 1 aromatic carbocycles. The van der Waals surface area contributed by atoms with E-state index in [-0.39, 0.29) is 36.2 Å². The Balaban J connectivity index is 0.00000363. The number of amides is 1. The molecule has 11 heteroatoms. The van der Waals surface area contributed by atoms with Crippen molar-refractivity contribution in [1.29, 1.82) is 0 Å². The molecular formula is C21H27ClF3N3O4. The van der Waals surface area contributed by atoms with E-state index < -0.39 is 36.3 Å². The van der Waals surface area contributed by atoms with Crippen molar-refractivity contribution in [2.24, 2.45) is 5.92 Å². The molecule has 3 rings (SSSR count). The topological polar surface area (TPSA) is 79.0 Å². The number of nitrogens with zero attached hydrogens (tertiary/aromatic N) is 2. The van der Waals surface area contributed by atoms with Gasteiger partial charge in [0.05, 0.1) is 5.56 Å². The molecule has 1 N–H and O–H groups in total. The summed E-state index contributed by atoms with van der Waals surface area (Å²) in [5.41, 5.74) is -1.07. The van der Waals surface area contributed by atoms with Gasteiger partial charge in [-0.05, 0) is 25.0 Å². The number of carbonyl (C=O) groups is 3. The van der Waals surface area contributed by atoms with Crippen LogP contribution in [-0.2, 0) is 26.9 Å². The minimum absolute atomic E-state index is 0. The molecule has 2 unspecified atom stereocenters. The molecule has 178 valence electrons. The Labute approximate surface area is 190 Å². The van der Waals surface area contributed by atoms with Crippen LogP contribution < -0.4 is 5.32 Å². The number of nitrogens with one attached hydrogen (secondary N) is 1. The van der Waals surface area contributed by atoms with Crippen molar-refractivity contribution < 1.29 is 32.3 Å². The van der Waals surface area contributed by atoms with Crippen molar-refractivity contribution in [3.05, 3.63) is 35.4 Å². The molecule has 0 aromatic heterocycles. The first kappa shape index (κ1) is 26.1. The zero-order chi connectivity index (χ0) is 22.6. The van der Waals surface area contributed by atoms with Gasteiger partial charge in [-0.25, -0.2) is 4.79 Å². The lowest BCUT2D eigenvalue weighted by Crippen LogP contribution is -2.51. The Kier molecular flexibility index (Phi) is 9.06. The first-order chi connectivity index (χ1) is 14.7. The van der Waals surface area contributed by atoms with Crippen LogP contribution in [0.1, 0.15) is 24.5 Å². The molecule has 0 spiro atoms. The summed E-state index contributed by atoms with van der Waals surface area (Å²) in [6.45, 7) is 4.01. The zero-order valence-electron chi connectivity index (χ0n) is 17.7. The van der Waals surface area contributed by atoms with Gasteiger partial charge >= 0.3 is 12.3 Å². The summed E-state index contributed by atoms with van der Waals surface area (Å²) in [6.07, 6.45) is -6.65. The molecule has 1 aromatic rings. The van der Waals surface area contributed by atoms with E-state index >= 15 is 0 Å². The van der Waals surface area contributed by atoms with Crippen LogP contribution >= 0.6 is 12.4 Å². The summed E-state index contributed by atoms with van der Waals surface area (Å²) in [5, 5.41) is 3.10. The number of likely N-dealkylation sites (tertiary alicyclic amines) is 1. The van der Waals surface area contributed by atoms with Crippen molar-refractivity contribution in [2.45, 2.75) is 32.2 Å². The van der Waals surface area contributed by atoms with Crippen molar-refractivity contribution in [1.82, 2.24) is 15.1 Å². The lowest BCUT2D eigenvalue weighted by molar-refractivity contribution is -0.140. The molecule has 0 bridgehead atoms. The number of ether oxygens (including phenoxy) is 1. The molecule has 1 amide bonds. The molecule has 0 aliphatic carbocycles. The summed E-state index contributed by atoms with van der Waals surface area (Å²) >= 11 is 0. The highest BCUT2D eigenvalue weighted by molar-refractivity contribution is 5.87. The highest BCUT2D eigenvalue weighted by Gasteiger charge is 2.39. The Morgan fingerprint density at radius 2 is 1.81 bits per heavy atom. The predicted octanol–water partition coefficient (Wildman–Crippen LogP) is 2.52. The van der Waals surface area contributed by atoms with Crippen molar-refractivity contribution >= 4 is 30.1 Å². The number of carbonyl (C=O) groups excluding carboxylic acids is 3. The molecule has 0 saturated carbocycles. The maximum absolute atomic E-state index is 13.3. The second-order valence-corrected chi connectivity index (χ2v) is 7.86. The Morgan fingerprint density at radius 3 is 2.41 bits per heavy atom. The van der Waals surface area contributed by atoms with E-state index in [0.29, 0.717) is 39.1 Å². The van der Waals surface area contributed by atoms with E-state index in [0.717, 1.165) is 6.07 Å². The van der Waals surface area contributed by atoms with E-state index in [1.54, 1.807) is 4.90 Å². The SMILES string of the molecule is CC(=O)C1CCN(C(OC(=O)N2CCNCC2)C(=O)Cc2ccccc2C(F)(F)F)C1.Cl. The zero-order valence-corrected chi connectivity index (χ0v) is 18.5. The number of piperazine rings is 1. The first-order valence-electron chi connectivity index (χ1n) is 10.3. The van der Waals surface area contributed by atoms with Crippen LogP contribution in [0, 0.1) is 5.92 Å². The summed E-state index contributed by atoms with van der Waals surface area (Å²) in [4.78, 5) is 40.5. The van der Waals surface area contributed by atoms with Crippen molar-refractivity contribution in [3.8, 4) is 0 Å². The van der Waals surface area contributed by atoms with Gasteiger partial charge in [-0.2, -0.15) is 13.2 Å². The second-order valence-electron chi connectivity index (χ2n) is 7.86. The van der Waals surface area contributed by atoms with Gasteiger partial charge in [0.1, 0.15) is 5.78 Å². The summed E-state index contributed by atoms with van der Waals surface area (Å²) in [5.74, 6) is -0.982. The third kappa shape index (κ3) is 6.43. The lowest BCUT2D eigenvalue weighted by atomic mass is 10.0. The quantitative estimate of drug-likeness (QED) is 0.678. The van der Waals surface area contributed by atoms with E-state index in [2.05, 4.69) is 5.32 Å². The fourth-order valence-corrected chi connectivity index (χ4v) is 3.92. The monoisotopic (exact) mass is 477 g/mol. The standard InChI is InChI=1S/C21H26F3N3O4.ClH/c1-14(28)16-6-9-27(13-16)19(31-20(30)26-10-7-25-8-11-26)18(29)12-15-4-2-3-5-17(15)21(22,23)24;/h2-5,16,19,25H,6-13H2,1H3;1H. The van der Waals surface area contributed by atoms with Crippen LogP contribution in [0.4, 0.5) is 18.0 Å². The van der Waals surface area contributed by atoms with Gasteiger partial charge in [-0.1, -0.05) is 18.2 Å². The van der Waals surface area contributed by atoms with Gasteiger partial charge in [0.25, 0.3) is 0 Å². The molecule has 2 saturated heterocycles. The minimum Gasteiger partial charge on any atom is -0.422 e. The average Bonchev–Trinajstić information content (AvgIpc) is 3.22. The normalized spacial score (nSPS) is 20.4. The Morgan fingerprint density at radius 1 is 1.16 bits per heavy atom. The minimum atomic E-state index is -4.60. The van der Waals surface area contributed by atoms with Crippen LogP contribution in [0.3, 0.4) is 0 Å². The number of halogens is 4. The molecule has 32 heavy (non-hydrogen) atoms. The molecule has 2 atom stereocenters. The first-order valence-corrected chi connectivity index (χ1v) is 10.3. The number of benzene rings is 1. The van der Waals surface area contributed by atoms with Gasteiger partial charge < -0.3 is 15.0 Å². The van der Waals surface area contributed by atoms with E-state index in [9.17, 15) is 27.6 Å². The van der Waals surface area contributed by atoms with Crippen molar-refractivity contribution in [3.63, 3.8) is 0 Å². The van der Waals surface area contributed by atoms with Crippen LogP contribution in [-0.4, -0.2) is 73.0 Å². The third-order valence-corrected chi connectivity index (χ3v) is 5.68. The highest BCUT2D eigenvalue weighted by atomic mass is 35.5. The Hall–Kier alpha value is -2.17. The fraction of sp³-hybridized carbons (Fsp3) is 0.571. The van der Waals surface area contributed by atoms with Crippen LogP contribution in [0.25, 0.3) is 0 Å². The maximum Gasteiger partial charge on any atom is 0.416 e. The van der Waals surface area contributed by atoms with Gasteiger partial charge in [0.15, 0.2) is 5.78 Å². The molecule has 2 fully saturated rings. The lowest BCUT2D eigenvalue weighted by Gasteiger charge is -2.31. The van der Waals surface area contributed by atoms with Gasteiger partial charge in [0.2, 0.25) is 6.23 Å². The average molecular weight is 478 g/mol. The number of hydrogen-bond acceptors (Lipinski definition) is 6. The van der Waals surface area contributed by atoms with E-state index in [4.69, 9.17) is 4.74 Å². The molecule has 2 aliphatic heterocycles. The molecule has 7 nitrogen and oxygen atoms in total. The van der Waals surface area contributed by atoms with Crippen LogP contribution in [0.2, 0.25) is 0 Å². The van der Waals surface area contributed by atoms with Gasteiger partial charge in [0, 0.05) is 51.6 Å². The number of rotatable bonds is 6. The maximum atomic E-state index is 13.3. The highest BCUT2D eigenvalue weighted by Crippen LogP contribution is 2.32. The second kappa shape index (κ2) is 11.1. The molecule has 0 radical (unpaired) electrons. The fourth-order valence-electron chi connectivity index (χ4n) is 3.92. The molecule has 2 heterocycles. The Bertz CT molecular complexity index is 831. The summed E-state index contributed by atoms with van der Waals surface area (Å²) in [7, 11) is 0. The van der Waals surface area contributed by atoms with Gasteiger partial charge in [-0.3, -0.25) is 14.5 Å². The van der Waals surface area contributed by atoms with Crippen LogP contribution in [0.15, 0.2) is 24.3 Å². The van der Waals surface area contributed by atoms with E-state index in [1.165, 1.54) is 30.0 Å². The van der Waals surface area contributed by atoms with E-state index in [1.807, 2.05) is 0 Å². The summed E-state index contributed by atoms with van der Waals surface area (Å²) < 4.78 is 45.5. The number of alkyl halides is 3. The number of Topliss-reactive ketones (excluding diaryl/α,β-unsaturated/α-hetero) is 2. The largest absolute Gasteiger partial charge is 0.422 e. The number of hydrogen-bond donors (Lipinski definition) is 1.